The molecule has 0 radical (unpaired) electrons. The molecule has 5 heterocycles. The van der Waals surface area contributed by atoms with Crippen molar-refractivity contribution in [2.24, 2.45) is 0 Å². The number of hydrogen-bond acceptors (Lipinski definition) is 5. The Morgan fingerprint density at radius 2 is 1.50 bits per heavy atom. The molecule has 1 aliphatic rings. The maximum absolute atomic E-state index is 5.30. The Bertz CT molecular complexity index is 2290. The molecule has 0 bridgehead atoms. The molecule has 0 atom stereocenters. The van der Waals surface area contributed by atoms with Crippen LogP contribution in [0.25, 0.3) is 72.2 Å². The molecule has 42 heavy (non-hydrogen) atoms. The van der Waals surface area contributed by atoms with E-state index in [0.717, 1.165) is 78.6 Å². The summed E-state index contributed by atoms with van der Waals surface area (Å²) in [7, 11) is 0. The second kappa shape index (κ2) is 9.23. The number of hydrogen-bond donors (Lipinski definition) is 0. The van der Waals surface area contributed by atoms with Crippen LogP contribution in [-0.4, -0.2) is 30.3 Å². The fraction of sp³-hybridized carbons (Fsp3) is 0.0556. The minimum absolute atomic E-state index is 0.699. The van der Waals surface area contributed by atoms with Crippen LogP contribution in [0.3, 0.4) is 0 Å². The highest BCUT2D eigenvalue weighted by atomic mass is 32.2. The van der Waals surface area contributed by atoms with Crippen molar-refractivity contribution in [1.29, 1.82) is 0 Å². The Balaban J connectivity index is 1.35. The molecule has 0 unspecified atom stereocenters. The first kappa shape index (κ1) is 23.6. The van der Waals surface area contributed by atoms with E-state index in [-0.39, 0.29) is 0 Å². The molecule has 0 aliphatic carbocycles. The summed E-state index contributed by atoms with van der Waals surface area (Å²) in [5.41, 5.74) is 8.11. The molecule has 4 aromatic heterocycles. The third kappa shape index (κ3) is 3.58. The maximum atomic E-state index is 5.30. The summed E-state index contributed by atoms with van der Waals surface area (Å²) < 4.78 is 2.15. The molecular weight excluding hydrogens is 534 g/mol. The van der Waals surface area contributed by atoms with Gasteiger partial charge in [-0.2, -0.15) is 0 Å². The summed E-state index contributed by atoms with van der Waals surface area (Å²) in [6.45, 7) is 0. The average molecular weight is 558 g/mol. The van der Waals surface area contributed by atoms with Crippen LogP contribution < -0.4 is 0 Å². The normalized spacial score (nSPS) is 13.0. The predicted molar refractivity (Wildman–Crippen MR) is 172 cm³/mol. The highest BCUT2D eigenvalue weighted by Gasteiger charge is 2.19. The van der Waals surface area contributed by atoms with E-state index in [1.165, 1.54) is 10.5 Å². The Kier molecular flexibility index (Phi) is 5.19. The Morgan fingerprint density at radius 1 is 0.643 bits per heavy atom. The van der Waals surface area contributed by atoms with Gasteiger partial charge in [-0.3, -0.25) is 4.57 Å². The molecule has 5 nitrogen and oxygen atoms in total. The largest absolute Gasteiger partial charge is 0.278 e. The first-order valence-corrected chi connectivity index (χ1v) is 15.1. The van der Waals surface area contributed by atoms with Gasteiger partial charge in [-0.25, -0.2) is 19.9 Å². The van der Waals surface area contributed by atoms with Gasteiger partial charge in [0, 0.05) is 49.5 Å². The molecule has 0 saturated carbocycles. The molecule has 0 N–H and O–H groups in total. The summed E-state index contributed by atoms with van der Waals surface area (Å²) in [5, 5.41) is 4.30. The van der Waals surface area contributed by atoms with Crippen molar-refractivity contribution in [3.63, 3.8) is 0 Å². The zero-order chi connectivity index (χ0) is 27.6. The van der Waals surface area contributed by atoms with E-state index in [2.05, 4.69) is 89.5 Å². The molecule has 0 saturated heterocycles. The second-order valence-corrected chi connectivity index (χ2v) is 11.7. The quantitative estimate of drug-likeness (QED) is 0.204. The lowest BCUT2D eigenvalue weighted by Crippen LogP contribution is -2.01. The van der Waals surface area contributed by atoms with Crippen LogP contribution in [0, 0.1) is 0 Å². The van der Waals surface area contributed by atoms with Gasteiger partial charge in [0.2, 0.25) is 0 Å². The van der Waals surface area contributed by atoms with E-state index in [4.69, 9.17) is 19.9 Å². The van der Waals surface area contributed by atoms with E-state index in [9.17, 15) is 0 Å². The van der Waals surface area contributed by atoms with Crippen LogP contribution in [0.4, 0.5) is 0 Å². The van der Waals surface area contributed by atoms with E-state index in [0.29, 0.717) is 5.82 Å². The summed E-state index contributed by atoms with van der Waals surface area (Å²) in [4.78, 5) is 21.8. The van der Waals surface area contributed by atoms with Gasteiger partial charge in [0.1, 0.15) is 17.0 Å². The van der Waals surface area contributed by atoms with Gasteiger partial charge in [-0.05, 0) is 54.4 Å². The lowest BCUT2D eigenvalue weighted by Gasteiger charge is -2.13. The third-order valence-electron chi connectivity index (χ3n) is 8.18. The van der Waals surface area contributed by atoms with Crippen LogP contribution in [0.2, 0.25) is 0 Å². The Morgan fingerprint density at radius 3 is 2.45 bits per heavy atom. The van der Waals surface area contributed by atoms with Crippen molar-refractivity contribution in [1.82, 2.24) is 24.5 Å². The number of fused-ring (bicyclic) bond motifs is 7. The molecule has 0 spiro atoms. The zero-order valence-electron chi connectivity index (χ0n) is 22.5. The smallest absolute Gasteiger partial charge is 0.160 e. The van der Waals surface area contributed by atoms with Crippen LogP contribution in [0.5, 0.6) is 0 Å². The number of aromatic nitrogens is 5. The topological polar surface area (TPSA) is 56.5 Å². The van der Waals surface area contributed by atoms with Crippen molar-refractivity contribution < 1.29 is 0 Å². The molecular formula is C36H23N5S. The average Bonchev–Trinajstić information content (AvgIpc) is 3.66. The fourth-order valence-corrected chi connectivity index (χ4v) is 7.27. The molecule has 198 valence electrons. The lowest BCUT2D eigenvalue weighted by atomic mass is 10.0. The second-order valence-electron chi connectivity index (χ2n) is 10.6. The molecule has 0 amide bonds. The summed E-state index contributed by atoms with van der Waals surface area (Å²) in [6.07, 6.45) is 2.96. The van der Waals surface area contributed by atoms with Gasteiger partial charge in [-0.15, -0.1) is 11.8 Å². The molecule has 4 aromatic carbocycles. The summed E-state index contributed by atoms with van der Waals surface area (Å²) >= 11 is 1.92. The van der Waals surface area contributed by atoms with Gasteiger partial charge in [0.05, 0.1) is 16.7 Å². The van der Waals surface area contributed by atoms with Crippen LogP contribution in [0.15, 0.2) is 120 Å². The van der Waals surface area contributed by atoms with Crippen LogP contribution in [0.1, 0.15) is 5.56 Å². The number of pyridine rings is 2. The lowest BCUT2D eigenvalue weighted by molar-refractivity contribution is 1.07. The maximum Gasteiger partial charge on any atom is 0.160 e. The number of aryl methyl sites for hydroxylation is 1. The highest BCUT2D eigenvalue weighted by Crippen LogP contribution is 2.38. The van der Waals surface area contributed by atoms with Gasteiger partial charge in [-0.1, -0.05) is 66.7 Å². The highest BCUT2D eigenvalue weighted by molar-refractivity contribution is 7.99. The zero-order valence-corrected chi connectivity index (χ0v) is 23.3. The third-order valence-corrected chi connectivity index (χ3v) is 9.27. The van der Waals surface area contributed by atoms with Crippen molar-refractivity contribution in [3.8, 4) is 28.5 Å². The standard InChI is InChI=1S/C36H23N5S/c1-2-7-24(8-3-1)35-39-32(25-13-12-22-18-20-42-30(22)21-25)28-16-14-23-15-17-31(38-33(23)34(28)40-35)41-29-11-5-4-9-26(29)27-10-6-19-37-36(27)41/h1-17,19,21H,18,20H2. The number of thioether (sulfide) groups is 1. The van der Waals surface area contributed by atoms with Crippen molar-refractivity contribution in [2.75, 3.05) is 5.75 Å². The Hall–Kier alpha value is -5.07. The van der Waals surface area contributed by atoms with Gasteiger partial charge in [0.15, 0.2) is 5.82 Å². The predicted octanol–water partition coefficient (Wildman–Crippen LogP) is 8.65. The molecule has 0 fully saturated rings. The summed E-state index contributed by atoms with van der Waals surface area (Å²) in [6, 6.07) is 38.0. The van der Waals surface area contributed by atoms with Crippen LogP contribution in [-0.2, 0) is 6.42 Å². The minimum Gasteiger partial charge on any atom is -0.278 e. The van der Waals surface area contributed by atoms with E-state index >= 15 is 0 Å². The molecule has 8 aromatic rings. The van der Waals surface area contributed by atoms with E-state index in [1.54, 1.807) is 0 Å². The molecule has 1 aliphatic heterocycles. The molecule has 6 heteroatoms. The Labute approximate surface area is 245 Å². The van der Waals surface area contributed by atoms with Crippen molar-refractivity contribution >= 4 is 55.5 Å². The first-order valence-electron chi connectivity index (χ1n) is 14.1. The number of benzene rings is 4. The number of para-hydroxylation sites is 1. The van der Waals surface area contributed by atoms with Crippen LogP contribution >= 0.6 is 11.8 Å². The number of rotatable bonds is 3. The van der Waals surface area contributed by atoms with Gasteiger partial charge >= 0.3 is 0 Å². The summed E-state index contributed by atoms with van der Waals surface area (Å²) in [5.74, 6) is 2.65. The van der Waals surface area contributed by atoms with E-state index < -0.39 is 0 Å². The number of nitrogens with zero attached hydrogens (tertiary/aromatic N) is 5. The minimum atomic E-state index is 0.699. The van der Waals surface area contributed by atoms with Crippen molar-refractivity contribution in [3.05, 3.63) is 121 Å². The van der Waals surface area contributed by atoms with E-state index in [1.807, 2.05) is 42.2 Å². The monoisotopic (exact) mass is 557 g/mol. The van der Waals surface area contributed by atoms with Gasteiger partial charge < -0.3 is 0 Å². The SMILES string of the molecule is c1ccc(-c2nc(-c3ccc4c(c3)SCC4)c3ccc4ccc(-n5c6ccccc6c6cccnc65)nc4c3n2)cc1. The fourth-order valence-electron chi connectivity index (χ4n) is 6.17. The first-order chi connectivity index (χ1) is 20.8. The molecule has 9 rings (SSSR count). The van der Waals surface area contributed by atoms with Crippen molar-refractivity contribution in [2.45, 2.75) is 11.3 Å². The van der Waals surface area contributed by atoms with Gasteiger partial charge in [0.25, 0.3) is 0 Å².